The zero-order valence-corrected chi connectivity index (χ0v) is 11.5. The summed E-state index contributed by atoms with van der Waals surface area (Å²) < 4.78 is 6.21. The second-order valence-corrected chi connectivity index (χ2v) is 5.84. The van der Waals surface area contributed by atoms with Crippen LogP contribution < -0.4 is 0 Å². The van der Waals surface area contributed by atoms with Crippen LogP contribution >= 0.6 is 22.6 Å². The second-order valence-electron chi connectivity index (χ2n) is 4.46. The predicted octanol–water partition coefficient (Wildman–Crippen LogP) is 2.63. The first-order valence-electron chi connectivity index (χ1n) is 5.68. The van der Waals surface area contributed by atoms with Crippen LogP contribution in [0, 0.1) is 11.3 Å². The van der Waals surface area contributed by atoms with Crippen molar-refractivity contribution in [1.29, 1.82) is 0 Å². The molecule has 0 amide bonds. The Kier molecular flexibility index (Phi) is 3.37. The van der Waals surface area contributed by atoms with Gasteiger partial charge in [0, 0.05) is 12.3 Å². The Bertz CT molecular complexity index is 361. The number of ketones is 1. The molecule has 1 fully saturated rings. The van der Waals surface area contributed by atoms with E-state index in [4.69, 9.17) is 4.74 Å². The Hall–Kier alpha value is -0.390. The molecule has 2 rings (SSSR count). The summed E-state index contributed by atoms with van der Waals surface area (Å²) in [6, 6.07) is 0. The molecule has 16 heavy (non-hydrogen) atoms. The third-order valence-electron chi connectivity index (χ3n) is 3.45. The molecule has 2 aliphatic carbocycles. The smallest absolute Gasteiger partial charge is 0.319 e. The van der Waals surface area contributed by atoms with Crippen molar-refractivity contribution in [1.82, 2.24) is 0 Å². The molecule has 0 unspecified atom stereocenters. The number of hydrogen-bond acceptors (Lipinski definition) is 3. The quantitative estimate of drug-likeness (QED) is 0.443. The summed E-state index contributed by atoms with van der Waals surface area (Å²) in [4.78, 5) is 24.3. The van der Waals surface area contributed by atoms with E-state index in [2.05, 4.69) is 22.6 Å². The summed E-state index contributed by atoms with van der Waals surface area (Å²) in [5.74, 6) is -0.289. The summed E-state index contributed by atoms with van der Waals surface area (Å²) >= 11 is 2.23. The van der Waals surface area contributed by atoms with E-state index in [1.807, 2.05) is 6.08 Å². The lowest BCUT2D eigenvalue weighted by Gasteiger charge is -2.39. The number of allylic oxidation sites excluding steroid dienone is 2. The molecule has 3 nitrogen and oxygen atoms in total. The van der Waals surface area contributed by atoms with Gasteiger partial charge in [0.2, 0.25) is 0 Å². The highest BCUT2D eigenvalue weighted by Crippen LogP contribution is 2.47. The third kappa shape index (κ3) is 1.81. The van der Waals surface area contributed by atoms with Crippen LogP contribution in [-0.4, -0.2) is 18.4 Å². The number of carbonyl (C=O) groups is 2. The number of carbonyl (C=O) groups excluding carboxylic acids is 2. The van der Waals surface area contributed by atoms with Crippen molar-refractivity contribution in [2.24, 2.45) is 11.3 Å². The molecule has 0 radical (unpaired) electrons. The highest BCUT2D eigenvalue weighted by Gasteiger charge is 2.53. The molecule has 0 heterocycles. The van der Waals surface area contributed by atoms with Crippen molar-refractivity contribution in [3.8, 4) is 0 Å². The van der Waals surface area contributed by atoms with Crippen LogP contribution in [0.2, 0.25) is 0 Å². The zero-order chi connectivity index (χ0) is 11.8. The van der Waals surface area contributed by atoms with Gasteiger partial charge in [-0.25, -0.2) is 0 Å². The first kappa shape index (κ1) is 12.1. The van der Waals surface area contributed by atoms with Crippen molar-refractivity contribution >= 4 is 34.3 Å². The van der Waals surface area contributed by atoms with Gasteiger partial charge >= 0.3 is 5.97 Å². The molecule has 0 aromatic heterocycles. The number of halogens is 1. The topological polar surface area (TPSA) is 43.4 Å². The van der Waals surface area contributed by atoms with Crippen molar-refractivity contribution < 1.29 is 14.3 Å². The van der Waals surface area contributed by atoms with Crippen LogP contribution in [0.15, 0.2) is 9.66 Å². The Balaban J connectivity index is 2.34. The fourth-order valence-electron chi connectivity index (χ4n) is 2.68. The van der Waals surface area contributed by atoms with E-state index in [9.17, 15) is 9.59 Å². The van der Waals surface area contributed by atoms with Gasteiger partial charge in [0.25, 0.3) is 0 Å². The van der Waals surface area contributed by atoms with Crippen LogP contribution in [0.4, 0.5) is 0 Å². The third-order valence-corrected chi connectivity index (χ3v) is 4.19. The molecule has 88 valence electrons. The summed E-state index contributed by atoms with van der Waals surface area (Å²) in [5.41, 5.74) is -0.857. The van der Waals surface area contributed by atoms with Crippen molar-refractivity contribution in [3.05, 3.63) is 9.66 Å². The minimum absolute atomic E-state index is 0.0567. The first-order chi connectivity index (χ1) is 7.60. The van der Waals surface area contributed by atoms with Crippen LogP contribution in [0.1, 0.15) is 32.6 Å². The molecule has 0 spiro atoms. The SMILES string of the molecule is CCOC(=O)[C@]12CCC[C@H](C=C(I)C1)C2=O. The van der Waals surface area contributed by atoms with Crippen LogP contribution in [0.3, 0.4) is 0 Å². The summed E-state index contributed by atoms with van der Waals surface area (Å²) in [7, 11) is 0. The molecule has 0 N–H and O–H groups in total. The van der Waals surface area contributed by atoms with E-state index in [0.29, 0.717) is 19.4 Å². The monoisotopic (exact) mass is 334 g/mol. The van der Waals surface area contributed by atoms with E-state index in [0.717, 1.165) is 16.4 Å². The standard InChI is InChI=1S/C12H15IO3/c1-2-16-11(15)12-5-3-4-8(10(12)14)6-9(13)7-12/h6,8H,2-5,7H2,1H3/t8-,12-/m1/s1. The van der Waals surface area contributed by atoms with E-state index in [1.165, 1.54) is 0 Å². The largest absolute Gasteiger partial charge is 0.465 e. The van der Waals surface area contributed by atoms with Gasteiger partial charge in [-0.2, -0.15) is 0 Å². The number of esters is 1. The molecular formula is C12H15IO3. The Morgan fingerprint density at radius 3 is 3.12 bits per heavy atom. The fourth-order valence-corrected chi connectivity index (χ4v) is 3.76. The van der Waals surface area contributed by atoms with Gasteiger partial charge in [-0.15, -0.1) is 0 Å². The van der Waals surface area contributed by atoms with Gasteiger partial charge in [-0.05, 0) is 45.9 Å². The predicted molar refractivity (Wildman–Crippen MR) is 68.1 cm³/mol. The van der Waals surface area contributed by atoms with E-state index in [-0.39, 0.29) is 17.7 Å². The summed E-state index contributed by atoms with van der Waals surface area (Å²) in [6.45, 7) is 2.13. The molecule has 4 heteroatoms. The fraction of sp³-hybridized carbons (Fsp3) is 0.667. The Morgan fingerprint density at radius 2 is 2.44 bits per heavy atom. The maximum Gasteiger partial charge on any atom is 0.319 e. The number of ether oxygens (including phenoxy) is 1. The van der Waals surface area contributed by atoms with Gasteiger partial charge in [-0.1, -0.05) is 12.5 Å². The minimum Gasteiger partial charge on any atom is -0.465 e. The molecule has 2 aliphatic rings. The second kappa shape index (κ2) is 4.47. The van der Waals surface area contributed by atoms with Crippen LogP contribution in [-0.2, 0) is 14.3 Å². The summed E-state index contributed by atoms with van der Waals surface area (Å²) in [5, 5.41) is 0. The normalized spacial score (nSPS) is 33.2. The van der Waals surface area contributed by atoms with Crippen LogP contribution in [0.5, 0.6) is 0 Å². The Labute approximate surface area is 109 Å². The number of hydrogen-bond donors (Lipinski definition) is 0. The van der Waals surface area contributed by atoms with E-state index in [1.54, 1.807) is 6.92 Å². The highest BCUT2D eigenvalue weighted by atomic mass is 127. The number of Topliss-reactive ketones (excluding diaryl/α,β-unsaturated/α-hetero) is 1. The maximum absolute atomic E-state index is 12.2. The lowest BCUT2D eigenvalue weighted by atomic mass is 9.64. The molecular weight excluding hydrogens is 319 g/mol. The summed E-state index contributed by atoms with van der Waals surface area (Å²) in [6.07, 6.45) is 5.03. The molecule has 2 atom stereocenters. The van der Waals surface area contributed by atoms with Gasteiger partial charge in [0.1, 0.15) is 5.41 Å². The van der Waals surface area contributed by atoms with Crippen LogP contribution in [0.25, 0.3) is 0 Å². The van der Waals surface area contributed by atoms with Gasteiger partial charge in [0.15, 0.2) is 5.78 Å². The van der Waals surface area contributed by atoms with Gasteiger partial charge in [-0.3, -0.25) is 9.59 Å². The van der Waals surface area contributed by atoms with Gasteiger partial charge in [0.05, 0.1) is 6.61 Å². The minimum atomic E-state index is -0.857. The van der Waals surface area contributed by atoms with Gasteiger partial charge < -0.3 is 4.74 Å². The first-order valence-corrected chi connectivity index (χ1v) is 6.76. The van der Waals surface area contributed by atoms with Crippen molar-refractivity contribution in [2.45, 2.75) is 32.6 Å². The molecule has 1 saturated carbocycles. The average molecular weight is 334 g/mol. The van der Waals surface area contributed by atoms with Crippen molar-refractivity contribution in [2.75, 3.05) is 6.61 Å². The Morgan fingerprint density at radius 1 is 1.69 bits per heavy atom. The molecule has 0 aliphatic heterocycles. The number of fused-ring (bicyclic) bond motifs is 2. The lowest BCUT2D eigenvalue weighted by molar-refractivity contribution is -0.163. The highest BCUT2D eigenvalue weighted by molar-refractivity contribution is 14.1. The average Bonchev–Trinajstić information content (AvgIpc) is 2.21. The molecule has 0 aromatic rings. The molecule has 0 saturated heterocycles. The maximum atomic E-state index is 12.2. The molecule has 2 bridgehead atoms. The van der Waals surface area contributed by atoms with E-state index < -0.39 is 5.41 Å². The molecule has 0 aromatic carbocycles. The zero-order valence-electron chi connectivity index (χ0n) is 9.29. The lowest BCUT2D eigenvalue weighted by Crippen LogP contribution is -2.48. The van der Waals surface area contributed by atoms with E-state index >= 15 is 0 Å². The number of rotatable bonds is 2. The van der Waals surface area contributed by atoms with Crippen molar-refractivity contribution in [3.63, 3.8) is 0 Å².